The summed E-state index contributed by atoms with van der Waals surface area (Å²) in [6.07, 6.45) is 0. The van der Waals surface area contributed by atoms with E-state index in [0.29, 0.717) is 0 Å². The van der Waals surface area contributed by atoms with Crippen molar-refractivity contribution in [1.29, 1.82) is 0 Å². The maximum atomic E-state index is 6.59. The van der Waals surface area contributed by atoms with E-state index in [-0.39, 0.29) is 0 Å². The van der Waals surface area contributed by atoms with Gasteiger partial charge in [-0.2, -0.15) is 0 Å². The van der Waals surface area contributed by atoms with Crippen LogP contribution in [0.1, 0.15) is 0 Å². The molecule has 2 aromatic heterocycles. The molecule has 0 unspecified atom stereocenters. The quantitative estimate of drug-likeness (QED) is 0.136. The van der Waals surface area contributed by atoms with Gasteiger partial charge >= 0.3 is 0 Å². The Kier molecular flexibility index (Phi) is 9.96. The summed E-state index contributed by atoms with van der Waals surface area (Å²) in [5.41, 5.74) is 17.5. The highest BCUT2D eigenvalue weighted by molar-refractivity contribution is 6.88. The molecule has 3 heteroatoms. The molecule has 0 aliphatic heterocycles. The van der Waals surface area contributed by atoms with Gasteiger partial charge in [-0.1, -0.05) is 195 Å². The standard InChI is InChI=1S/C58H45NOSi/c1-61(2,3)53-31-29-41(30-32-53)43-19-10-20-44(33-43)45-21-11-22-46(34-45)47-23-12-24-48(35-47)49-25-13-26-50(36-49)55-37-52(40-15-6-4-7-16-40)38-56(59-55)54-28-14-27-51-39-57(60-58(51)54)42-17-8-5-9-18-42/h4-39H,1-3H3. The number of para-hydroxylation sites is 1. The van der Waals surface area contributed by atoms with Gasteiger partial charge in [0.1, 0.15) is 11.3 Å². The van der Waals surface area contributed by atoms with E-state index in [1.807, 2.05) is 18.2 Å². The van der Waals surface area contributed by atoms with Crippen molar-refractivity contribution in [1.82, 2.24) is 4.98 Å². The number of benzene rings is 8. The smallest absolute Gasteiger partial charge is 0.144 e. The maximum absolute atomic E-state index is 6.59. The summed E-state index contributed by atoms with van der Waals surface area (Å²) in [6.45, 7) is 7.19. The predicted molar refractivity (Wildman–Crippen MR) is 260 cm³/mol. The largest absolute Gasteiger partial charge is 0.455 e. The van der Waals surface area contributed by atoms with Crippen LogP contribution in [0.25, 0.3) is 100 Å². The zero-order valence-electron chi connectivity index (χ0n) is 34.6. The zero-order valence-corrected chi connectivity index (χ0v) is 35.6. The molecular weight excluding hydrogens is 755 g/mol. The average molecular weight is 800 g/mol. The number of hydrogen-bond acceptors (Lipinski definition) is 2. The maximum Gasteiger partial charge on any atom is 0.144 e. The fourth-order valence-corrected chi connectivity index (χ4v) is 9.45. The van der Waals surface area contributed by atoms with Crippen molar-refractivity contribution >= 4 is 24.2 Å². The second-order valence-electron chi connectivity index (χ2n) is 16.8. The lowest BCUT2D eigenvalue weighted by molar-refractivity contribution is 0.632. The molecule has 2 heterocycles. The van der Waals surface area contributed by atoms with Gasteiger partial charge in [0.25, 0.3) is 0 Å². The van der Waals surface area contributed by atoms with E-state index in [1.54, 1.807) is 0 Å². The van der Waals surface area contributed by atoms with Gasteiger partial charge in [-0.15, -0.1) is 0 Å². The summed E-state index contributed by atoms with van der Waals surface area (Å²) in [7, 11) is -1.35. The molecule has 2 nitrogen and oxygen atoms in total. The van der Waals surface area contributed by atoms with Crippen LogP contribution in [-0.4, -0.2) is 13.1 Å². The van der Waals surface area contributed by atoms with Crippen LogP contribution in [0.4, 0.5) is 0 Å². The van der Waals surface area contributed by atoms with E-state index < -0.39 is 8.07 Å². The van der Waals surface area contributed by atoms with Gasteiger partial charge in [-0.3, -0.25) is 0 Å². The first-order valence-electron chi connectivity index (χ1n) is 21.0. The molecule has 0 aliphatic carbocycles. The number of pyridine rings is 1. The van der Waals surface area contributed by atoms with Crippen LogP contribution < -0.4 is 5.19 Å². The van der Waals surface area contributed by atoms with Crippen molar-refractivity contribution in [3.05, 3.63) is 218 Å². The van der Waals surface area contributed by atoms with Crippen molar-refractivity contribution < 1.29 is 4.42 Å². The molecule has 0 radical (unpaired) electrons. The fourth-order valence-electron chi connectivity index (χ4n) is 8.28. The molecule has 0 bridgehead atoms. The van der Waals surface area contributed by atoms with Crippen LogP contribution in [0.2, 0.25) is 19.6 Å². The number of furan rings is 1. The Morgan fingerprint density at radius 1 is 0.328 bits per heavy atom. The van der Waals surface area contributed by atoms with Crippen molar-refractivity contribution in [3.63, 3.8) is 0 Å². The highest BCUT2D eigenvalue weighted by atomic mass is 28.3. The van der Waals surface area contributed by atoms with E-state index >= 15 is 0 Å². The number of aromatic nitrogens is 1. The number of nitrogens with zero attached hydrogens (tertiary/aromatic N) is 1. The van der Waals surface area contributed by atoms with Gasteiger partial charge in [0.15, 0.2) is 0 Å². The molecule has 0 amide bonds. The Morgan fingerprint density at radius 2 is 0.754 bits per heavy atom. The SMILES string of the molecule is C[Si](C)(C)c1ccc(-c2cccc(-c3cccc(-c4cccc(-c5cccc(-c6cc(-c7ccccc7)cc(-c7cccc8cc(-c9ccccc9)oc78)n6)c5)c4)c3)c2)cc1. The molecule has 0 N–H and O–H groups in total. The van der Waals surface area contributed by atoms with Crippen LogP contribution in [-0.2, 0) is 0 Å². The van der Waals surface area contributed by atoms with Gasteiger partial charge in [0, 0.05) is 22.1 Å². The highest BCUT2D eigenvalue weighted by Crippen LogP contribution is 2.38. The van der Waals surface area contributed by atoms with Gasteiger partial charge in [0.2, 0.25) is 0 Å². The molecule has 61 heavy (non-hydrogen) atoms. The minimum Gasteiger partial charge on any atom is -0.455 e. The highest BCUT2D eigenvalue weighted by Gasteiger charge is 2.17. The molecule has 0 atom stereocenters. The first-order valence-corrected chi connectivity index (χ1v) is 24.5. The number of fused-ring (bicyclic) bond motifs is 1. The first-order chi connectivity index (χ1) is 29.8. The summed E-state index contributed by atoms with van der Waals surface area (Å²) in [5.74, 6) is 0.845. The minimum atomic E-state index is -1.35. The number of rotatable bonds is 9. The Bertz CT molecular complexity index is 3160. The third kappa shape index (κ3) is 7.92. The van der Waals surface area contributed by atoms with Crippen molar-refractivity contribution in [2.24, 2.45) is 0 Å². The van der Waals surface area contributed by atoms with Crippen LogP contribution in [0.3, 0.4) is 0 Å². The van der Waals surface area contributed by atoms with E-state index in [0.717, 1.165) is 67.1 Å². The monoisotopic (exact) mass is 799 g/mol. The van der Waals surface area contributed by atoms with E-state index in [1.165, 1.54) is 38.6 Å². The Balaban J connectivity index is 0.988. The van der Waals surface area contributed by atoms with Crippen molar-refractivity contribution in [3.8, 4) is 89.5 Å². The molecule has 292 valence electrons. The summed E-state index contributed by atoms with van der Waals surface area (Å²) >= 11 is 0. The molecule has 0 fully saturated rings. The van der Waals surface area contributed by atoms with E-state index in [9.17, 15) is 0 Å². The number of hydrogen-bond donors (Lipinski definition) is 0. The summed E-state index contributed by atoms with van der Waals surface area (Å²) in [4.78, 5) is 5.35. The molecule has 10 aromatic rings. The minimum absolute atomic E-state index is 0.833. The third-order valence-electron chi connectivity index (χ3n) is 11.6. The van der Waals surface area contributed by atoms with Crippen molar-refractivity contribution in [2.75, 3.05) is 0 Å². The topological polar surface area (TPSA) is 26.0 Å². The summed E-state index contributed by atoms with van der Waals surface area (Å²) in [5, 5.41) is 2.53. The van der Waals surface area contributed by atoms with Crippen LogP contribution >= 0.6 is 0 Å². The van der Waals surface area contributed by atoms with Crippen LogP contribution in [0.15, 0.2) is 223 Å². The molecule has 0 saturated carbocycles. The molecule has 0 spiro atoms. The Labute approximate surface area is 359 Å². The van der Waals surface area contributed by atoms with Gasteiger partial charge in [-0.05, 0) is 104 Å². The molecule has 10 rings (SSSR count). The van der Waals surface area contributed by atoms with Gasteiger partial charge in [0.05, 0.1) is 19.5 Å². The second kappa shape index (κ2) is 16.0. The molecular formula is C58H45NOSi. The average Bonchev–Trinajstić information content (AvgIpc) is 3.77. The lowest BCUT2D eigenvalue weighted by Crippen LogP contribution is -2.37. The van der Waals surface area contributed by atoms with Gasteiger partial charge in [-0.25, -0.2) is 4.98 Å². The lowest BCUT2D eigenvalue weighted by Gasteiger charge is -2.17. The third-order valence-corrected chi connectivity index (χ3v) is 13.7. The Morgan fingerprint density at radius 3 is 1.30 bits per heavy atom. The predicted octanol–water partition coefficient (Wildman–Crippen LogP) is 15.7. The van der Waals surface area contributed by atoms with Crippen LogP contribution in [0.5, 0.6) is 0 Å². The van der Waals surface area contributed by atoms with E-state index in [4.69, 9.17) is 9.40 Å². The summed E-state index contributed by atoms with van der Waals surface area (Å²) in [6, 6.07) is 78.3. The first kappa shape index (κ1) is 37.9. The van der Waals surface area contributed by atoms with E-state index in [2.05, 4.69) is 220 Å². The Hall–Kier alpha value is -7.33. The normalized spacial score (nSPS) is 11.5. The fraction of sp³-hybridized carbons (Fsp3) is 0.0517. The van der Waals surface area contributed by atoms with Crippen molar-refractivity contribution in [2.45, 2.75) is 19.6 Å². The molecule has 8 aromatic carbocycles. The van der Waals surface area contributed by atoms with Gasteiger partial charge < -0.3 is 4.42 Å². The second-order valence-corrected chi connectivity index (χ2v) is 21.9. The molecule has 0 aliphatic rings. The lowest BCUT2D eigenvalue weighted by atomic mass is 9.94. The zero-order chi connectivity index (χ0) is 41.3. The summed E-state index contributed by atoms with van der Waals surface area (Å²) < 4.78 is 6.59. The molecule has 0 saturated heterocycles. The van der Waals surface area contributed by atoms with Crippen LogP contribution in [0, 0.1) is 0 Å².